The average Bonchev–Trinajstić information content (AvgIpc) is 2.74. The van der Waals surface area contributed by atoms with Crippen molar-refractivity contribution in [2.45, 2.75) is 62.0 Å². The highest BCUT2D eigenvalue weighted by atomic mass is 32.2. The van der Waals surface area contributed by atoms with Gasteiger partial charge in [-0.1, -0.05) is 26.7 Å². The van der Waals surface area contributed by atoms with Crippen LogP contribution < -0.4 is 5.32 Å². The Morgan fingerprint density at radius 3 is 2.30 bits per heavy atom. The number of carboxylic acids is 1. The summed E-state index contributed by atoms with van der Waals surface area (Å²) in [7, 11) is 0. The monoisotopic (exact) mass is 300 g/mol. The maximum atomic E-state index is 12.4. The van der Waals surface area contributed by atoms with E-state index in [1.165, 1.54) is 0 Å². The molecule has 2 N–H and O–H groups in total. The number of urea groups is 1. The third-order valence-electron chi connectivity index (χ3n) is 4.13. The Kier molecular flexibility index (Phi) is 4.83. The van der Waals surface area contributed by atoms with E-state index in [1.807, 2.05) is 16.7 Å². The molecule has 2 aliphatic rings. The number of carbonyl (C=O) groups excluding carboxylic acids is 1. The SMILES string of the molecule is CC1CN(C(=O)NC2(CC(=O)O)CCCC2)CC(C)S1. The maximum Gasteiger partial charge on any atom is 0.317 e. The Hall–Kier alpha value is -0.910. The van der Waals surface area contributed by atoms with Crippen molar-refractivity contribution in [2.24, 2.45) is 0 Å². The summed E-state index contributed by atoms with van der Waals surface area (Å²) >= 11 is 1.90. The summed E-state index contributed by atoms with van der Waals surface area (Å²) in [5.74, 6) is -0.830. The zero-order valence-electron chi connectivity index (χ0n) is 12.2. The molecule has 1 aliphatic carbocycles. The molecule has 2 atom stereocenters. The molecule has 1 saturated carbocycles. The summed E-state index contributed by atoms with van der Waals surface area (Å²) < 4.78 is 0. The van der Waals surface area contributed by atoms with Gasteiger partial charge in [0, 0.05) is 23.6 Å². The van der Waals surface area contributed by atoms with Crippen molar-refractivity contribution in [3.8, 4) is 0 Å². The van der Waals surface area contributed by atoms with Crippen LogP contribution in [0.15, 0.2) is 0 Å². The molecule has 0 radical (unpaired) electrons. The van der Waals surface area contributed by atoms with Gasteiger partial charge in [-0.2, -0.15) is 11.8 Å². The van der Waals surface area contributed by atoms with Gasteiger partial charge in [0.05, 0.1) is 12.0 Å². The number of aliphatic carboxylic acids is 1. The Balaban J connectivity index is 1.99. The second-order valence-electron chi connectivity index (χ2n) is 6.15. The lowest BCUT2D eigenvalue weighted by Crippen LogP contribution is -2.56. The quantitative estimate of drug-likeness (QED) is 0.839. The summed E-state index contributed by atoms with van der Waals surface area (Å²) in [6.45, 7) is 5.74. The lowest BCUT2D eigenvalue weighted by Gasteiger charge is -2.38. The van der Waals surface area contributed by atoms with Gasteiger partial charge in [0.2, 0.25) is 0 Å². The number of carbonyl (C=O) groups is 2. The van der Waals surface area contributed by atoms with Crippen LogP contribution in [0.2, 0.25) is 0 Å². The van der Waals surface area contributed by atoms with Crippen LogP contribution in [0.3, 0.4) is 0 Å². The first-order valence-corrected chi connectivity index (χ1v) is 8.29. The van der Waals surface area contributed by atoms with Crippen molar-refractivity contribution in [1.82, 2.24) is 10.2 Å². The highest BCUT2D eigenvalue weighted by Gasteiger charge is 2.39. The minimum absolute atomic E-state index is 0.0342. The van der Waals surface area contributed by atoms with Crippen molar-refractivity contribution in [3.05, 3.63) is 0 Å². The normalized spacial score (nSPS) is 29.2. The van der Waals surface area contributed by atoms with Crippen LogP contribution >= 0.6 is 11.8 Å². The summed E-state index contributed by atoms with van der Waals surface area (Å²) in [6.07, 6.45) is 3.58. The van der Waals surface area contributed by atoms with Crippen LogP contribution in [-0.2, 0) is 4.79 Å². The van der Waals surface area contributed by atoms with E-state index < -0.39 is 11.5 Å². The number of carboxylic acid groups (broad SMARTS) is 1. The first-order chi connectivity index (χ1) is 9.40. The van der Waals surface area contributed by atoms with Gasteiger partial charge in [0.15, 0.2) is 0 Å². The van der Waals surface area contributed by atoms with Gasteiger partial charge in [-0.15, -0.1) is 0 Å². The van der Waals surface area contributed by atoms with Crippen molar-refractivity contribution >= 4 is 23.8 Å². The van der Waals surface area contributed by atoms with Crippen molar-refractivity contribution < 1.29 is 14.7 Å². The molecule has 0 aromatic carbocycles. The van der Waals surface area contributed by atoms with Gasteiger partial charge in [0.1, 0.15) is 0 Å². The fourth-order valence-corrected chi connectivity index (χ4v) is 4.66. The lowest BCUT2D eigenvalue weighted by molar-refractivity contribution is -0.138. The molecule has 114 valence electrons. The molecule has 0 spiro atoms. The number of nitrogens with zero attached hydrogens (tertiary/aromatic N) is 1. The first kappa shape index (κ1) is 15.5. The van der Waals surface area contributed by atoms with E-state index in [1.54, 1.807) is 0 Å². The molecule has 1 saturated heterocycles. The minimum Gasteiger partial charge on any atom is -0.481 e. The standard InChI is InChI=1S/C14H24N2O3S/c1-10-8-16(9-11(2)20-10)13(19)15-14(7-12(17)18)5-3-4-6-14/h10-11H,3-9H2,1-2H3,(H,15,19)(H,17,18). The van der Waals surface area contributed by atoms with Gasteiger partial charge in [0.25, 0.3) is 0 Å². The molecular weight excluding hydrogens is 276 g/mol. The van der Waals surface area contributed by atoms with E-state index >= 15 is 0 Å². The number of amides is 2. The Morgan fingerprint density at radius 2 is 1.80 bits per heavy atom. The lowest BCUT2D eigenvalue weighted by atomic mass is 9.93. The first-order valence-electron chi connectivity index (χ1n) is 7.34. The molecular formula is C14H24N2O3S. The third-order valence-corrected chi connectivity index (χ3v) is 5.36. The van der Waals surface area contributed by atoms with E-state index in [9.17, 15) is 9.59 Å². The van der Waals surface area contributed by atoms with Crippen molar-refractivity contribution in [1.29, 1.82) is 0 Å². The number of nitrogens with one attached hydrogen (secondary N) is 1. The summed E-state index contributed by atoms with van der Waals surface area (Å²) in [6, 6.07) is -0.0906. The number of hydrogen-bond acceptors (Lipinski definition) is 3. The van der Waals surface area contributed by atoms with E-state index in [4.69, 9.17) is 5.11 Å². The molecule has 2 unspecified atom stereocenters. The summed E-state index contributed by atoms with van der Waals surface area (Å²) in [4.78, 5) is 25.3. The molecule has 2 amide bonds. The van der Waals surface area contributed by atoms with Gasteiger partial charge >= 0.3 is 12.0 Å². The Bertz CT molecular complexity index is 373. The molecule has 2 rings (SSSR count). The van der Waals surface area contributed by atoms with Crippen LogP contribution in [0.4, 0.5) is 4.79 Å². The number of rotatable bonds is 3. The van der Waals surface area contributed by atoms with Crippen LogP contribution in [0.1, 0.15) is 46.0 Å². The summed E-state index contributed by atoms with van der Waals surface area (Å²) in [5.41, 5.74) is -0.528. The zero-order chi connectivity index (χ0) is 14.8. The molecule has 0 aromatic rings. The molecule has 1 heterocycles. The maximum absolute atomic E-state index is 12.4. The van der Waals surface area contributed by atoms with Crippen LogP contribution in [0.25, 0.3) is 0 Å². The second-order valence-corrected chi connectivity index (χ2v) is 8.03. The van der Waals surface area contributed by atoms with E-state index in [0.29, 0.717) is 10.5 Å². The number of hydrogen-bond donors (Lipinski definition) is 2. The summed E-state index contributed by atoms with van der Waals surface area (Å²) in [5, 5.41) is 13.0. The van der Waals surface area contributed by atoms with E-state index in [-0.39, 0.29) is 12.5 Å². The smallest absolute Gasteiger partial charge is 0.317 e. The molecule has 0 bridgehead atoms. The molecule has 5 nitrogen and oxygen atoms in total. The average molecular weight is 300 g/mol. The highest BCUT2D eigenvalue weighted by molar-refractivity contribution is 8.00. The van der Waals surface area contributed by atoms with Gasteiger partial charge in [-0.3, -0.25) is 4.79 Å². The predicted octanol–water partition coefficient (Wildman–Crippen LogP) is 2.31. The third kappa shape index (κ3) is 3.81. The number of thioether (sulfide) groups is 1. The van der Waals surface area contributed by atoms with Crippen LogP contribution in [0, 0.1) is 0 Å². The molecule has 6 heteroatoms. The molecule has 1 aliphatic heterocycles. The predicted molar refractivity (Wildman–Crippen MR) is 80.1 cm³/mol. The molecule has 2 fully saturated rings. The van der Waals surface area contributed by atoms with E-state index in [0.717, 1.165) is 38.8 Å². The van der Waals surface area contributed by atoms with Gasteiger partial charge in [-0.05, 0) is 12.8 Å². The largest absolute Gasteiger partial charge is 0.481 e. The highest BCUT2D eigenvalue weighted by Crippen LogP contribution is 2.33. The second kappa shape index (κ2) is 6.24. The van der Waals surface area contributed by atoms with Gasteiger partial charge in [-0.25, -0.2) is 4.79 Å². The minimum atomic E-state index is -0.830. The topological polar surface area (TPSA) is 69.6 Å². The fraction of sp³-hybridized carbons (Fsp3) is 0.857. The van der Waals surface area contributed by atoms with Gasteiger partial charge < -0.3 is 15.3 Å². The van der Waals surface area contributed by atoms with Crippen LogP contribution in [-0.4, -0.2) is 51.1 Å². The Morgan fingerprint density at radius 1 is 1.25 bits per heavy atom. The van der Waals surface area contributed by atoms with Crippen molar-refractivity contribution in [2.75, 3.05) is 13.1 Å². The van der Waals surface area contributed by atoms with E-state index in [2.05, 4.69) is 19.2 Å². The zero-order valence-corrected chi connectivity index (χ0v) is 13.0. The van der Waals surface area contributed by atoms with Crippen LogP contribution in [0.5, 0.6) is 0 Å². The fourth-order valence-electron chi connectivity index (χ4n) is 3.34. The molecule has 20 heavy (non-hydrogen) atoms. The Labute approximate surface area is 124 Å². The molecule has 0 aromatic heterocycles. The van der Waals surface area contributed by atoms with Crippen molar-refractivity contribution in [3.63, 3.8) is 0 Å².